The zero-order valence-electron chi connectivity index (χ0n) is 16.1. The first-order valence-electron chi connectivity index (χ1n) is 8.79. The quantitative estimate of drug-likeness (QED) is 0.531. The third kappa shape index (κ3) is 3.97. The Morgan fingerprint density at radius 2 is 1.79 bits per heavy atom. The van der Waals surface area contributed by atoms with Crippen LogP contribution in [0.25, 0.3) is 16.8 Å². The van der Waals surface area contributed by atoms with E-state index in [9.17, 15) is 10.1 Å². The highest BCUT2D eigenvalue weighted by Gasteiger charge is 2.13. The Bertz CT molecular complexity index is 1080. The van der Waals surface area contributed by atoms with Gasteiger partial charge in [-0.3, -0.25) is 4.79 Å². The second kappa shape index (κ2) is 8.28. The monoisotopic (exact) mass is 371 g/mol. The normalized spacial score (nSPS) is 11.0. The maximum absolute atomic E-state index is 12.6. The molecular formula is C23H21N3O2. The van der Waals surface area contributed by atoms with Gasteiger partial charge in [0, 0.05) is 31.0 Å². The fourth-order valence-corrected chi connectivity index (χ4v) is 2.94. The van der Waals surface area contributed by atoms with Crippen molar-refractivity contribution < 1.29 is 9.53 Å². The molecule has 1 N–H and O–H groups in total. The Morgan fingerprint density at radius 3 is 2.43 bits per heavy atom. The lowest BCUT2D eigenvalue weighted by Gasteiger charge is -2.13. The van der Waals surface area contributed by atoms with Crippen LogP contribution in [0.5, 0.6) is 5.75 Å². The van der Waals surface area contributed by atoms with E-state index in [-0.39, 0.29) is 5.57 Å². The highest BCUT2D eigenvalue weighted by molar-refractivity contribution is 6.11. The molecule has 140 valence electrons. The molecule has 0 saturated heterocycles. The second-order valence-electron chi connectivity index (χ2n) is 6.47. The van der Waals surface area contributed by atoms with Crippen LogP contribution in [0.1, 0.15) is 5.56 Å². The van der Waals surface area contributed by atoms with Crippen molar-refractivity contribution in [2.45, 2.75) is 0 Å². The lowest BCUT2D eigenvalue weighted by molar-refractivity contribution is -0.112. The minimum Gasteiger partial charge on any atom is -0.496 e. The summed E-state index contributed by atoms with van der Waals surface area (Å²) in [6.07, 6.45) is 1.57. The van der Waals surface area contributed by atoms with E-state index in [0.717, 1.165) is 16.5 Å². The van der Waals surface area contributed by atoms with Gasteiger partial charge in [-0.2, -0.15) is 5.26 Å². The van der Waals surface area contributed by atoms with Crippen LogP contribution < -0.4 is 15.0 Å². The van der Waals surface area contributed by atoms with Crippen LogP contribution in [-0.2, 0) is 4.79 Å². The molecule has 0 fully saturated rings. The molecule has 3 aromatic rings. The third-order valence-electron chi connectivity index (χ3n) is 4.45. The molecule has 5 heteroatoms. The molecule has 3 aromatic carbocycles. The summed E-state index contributed by atoms with van der Waals surface area (Å²) in [4.78, 5) is 14.6. The van der Waals surface area contributed by atoms with Gasteiger partial charge in [-0.15, -0.1) is 0 Å². The number of methoxy groups -OCH3 is 1. The van der Waals surface area contributed by atoms with E-state index in [2.05, 4.69) is 5.32 Å². The van der Waals surface area contributed by atoms with Gasteiger partial charge in [0.1, 0.15) is 17.4 Å². The van der Waals surface area contributed by atoms with Crippen molar-refractivity contribution in [1.82, 2.24) is 0 Å². The van der Waals surface area contributed by atoms with Crippen molar-refractivity contribution in [3.05, 3.63) is 71.8 Å². The summed E-state index contributed by atoms with van der Waals surface area (Å²) < 4.78 is 5.44. The number of amides is 1. The van der Waals surface area contributed by atoms with E-state index in [4.69, 9.17) is 4.74 Å². The molecule has 0 radical (unpaired) electrons. The number of carbonyl (C=O) groups is 1. The van der Waals surface area contributed by atoms with Crippen molar-refractivity contribution in [1.29, 1.82) is 5.26 Å². The summed E-state index contributed by atoms with van der Waals surface area (Å²) in [5.74, 6) is 0.143. The van der Waals surface area contributed by atoms with Crippen LogP contribution in [0.4, 0.5) is 11.4 Å². The Kier molecular flexibility index (Phi) is 5.61. The molecule has 0 atom stereocenters. The maximum Gasteiger partial charge on any atom is 0.266 e. The highest BCUT2D eigenvalue weighted by atomic mass is 16.5. The van der Waals surface area contributed by atoms with E-state index in [1.54, 1.807) is 25.3 Å². The number of nitriles is 1. The standard InChI is InChI=1S/C23H21N3O2/c1-26(2)19-11-9-18(10-12-19)25-23(27)17(15-24)14-21-20-7-5-4-6-16(20)8-13-22(21)28-3/h4-14H,1-3H3,(H,25,27)/b17-14-. The molecule has 0 saturated carbocycles. The minimum absolute atomic E-state index is 0.00587. The van der Waals surface area contributed by atoms with E-state index >= 15 is 0 Å². The molecular weight excluding hydrogens is 350 g/mol. The summed E-state index contributed by atoms with van der Waals surface area (Å²) in [6, 6.07) is 21.0. The predicted octanol–water partition coefficient (Wildman–Crippen LogP) is 4.46. The van der Waals surface area contributed by atoms with Gasteiger partial charge < -0.3 is 15.0 Å². The number of ether oxygens (including phenoxy) is 1. The summed E-state index contributed by atoms with van der Waals surface area (Å²) >= 11 is 0. The molecule has 0 bridgehead atoms. The zero-order chi connectivity index (χ0) is 20.1. The SMILES string of the molecule is COc1ccc2ccccc2c1/C=C(/C#N)C(=O)Nc1ccc(N(C)C)cc1. The number of hydrogen-bond acceptors (Lipinski definition) is 4. The third-order valence-corrected chi connectivity index (χ3v) is 4.45. The number of benzene rings is 3. The van der Waals surface area contributed by atoms with Gasteiger partial charge in [-0.25, -0.2) is 0 Å². The van der Waals surface area contributed by atoms with E-state index < -0.39 is 5.91 Å². The van der Waals surface area contributed by atoms with Gasteiger partial charge in [-0.05, 0) is 47.2 Å². The topological polar surface area (TPSA) is 65.4 Å². The predicted molar refractivity (Wildman–Crippen MR) is 113 cm³/mol. The van der Waals surface area contributed by atoms with Gasteiger partial charge in [-0.1, -0.05) is 30.3 Å². The minimum atomic E-state index is -0.463. The van der Waals surface area contributed by atoms with Crippen molar-refractivity contribution in [2.75, 3.05) is 31.4 Å². The molecule has 0 aromatic heterocycles. The first kappa shape index (κ1) is 19.0. The van der Waals surface area contributed by atoms with Gasteiger partial charge >= 0.3 is 0 Å². The van der Waals surface area contributed by atoms with Crippen LogP contribution in [0.2, 0.25) is 0 Å². The zero-order valence-corrected chi connectivity index (χ0v) is 16.1. The van der Waals surface area contributed by atoms with Gasteiger partial charge in [0.15, 0.2) is 0 Å². The van der Waals surface area contributed by atoms with Crippen LogP contribution >= 0.6 is 0 Å². The summed E-state index contributed by atoms with van der Waals surface area (Å²) in [5, 5.41) is 14.3. The van der Waals surface area contributed by atoms with Crippen molar-refractivity contribution in [3.8, 4) is 11.8 Å². The number of fused-ring (bicyclic) bond motifs is 1. The van der Waals surface area contributed by atoms with Gasteiger partial charge in [0.2, 0.25) is 0 Å². The molecule has 0 spiro atoms. The molecule has 3 rings (SSSR count). The van der Waals surface area contributed by atoms with E-state index in [0.29, 0.717) is 17.0 Å². The smallest absolute Gasteiger partial charge is 0.266 e. The van der Waals surface area contributed by atoms with Crippen LogP contribution in [-0.4, -0.2) is 27.1 Å². The maximum atomic E-state index is 12.6. The lowest BCUT2D eigenvalue weighted by atomic mass is 10.0. The Hall–Kier alpha value is -3.78. The average molecular weight is 371 g/mol. The van der Waals surface area contributed by atoms with Crippen molar-refractivity contribution >= 4 is 34.1 Å². The van der Waals surface area contributed by atoms with Gasteiger partial charge in [0.05, 0.1) is 7.11 Å². The fourth-order valence-electron chi connectivity index (χ4n) is 2.94. The number of anilines is 2. The first-order valence-corrected chi connectivity index (χ1v) is 8.79. The average Bonchev–Trinajstić information content (AvgIpc) is 2.72. The molecule has 1 amide bonds. The fraction of sp³-hybridized carbons (Fsp3) is 0.130. The Balaban J connectivity index is 1.95. The molecule has 0 heterocycles. The van der Waals surface area contributed by atoms with Crippen LogP contribution in [0.15, 0.2) is 66.2 Å². The molecule has 0 aliphatic rings. The molecule has 28 heavy (non-hydrogen) atoms. The Labute approximate surface area is 164 Å². The lowest BCUT2D eigenvalue weighted by Crippen LogP contribution is -2.14. The Morgan fingerprint density at radius 1 is 1.07 bits per heavy atom. The second-order valence-corrected chi connectivity index (χ2v) is 6.47. The molecule has 0 aliphatic carbocycles. The highest BCUT2D eigenvalue weighted by Crippen LogP contribution is 2.30. The van der Waals surface area contributed by atoms with Crippen molar-refractivity contribution in [2.24, 2.45) is 0 Å². The number of nitrogens with zero attached hydrogens (tertiary/aromatic N) is 2. The van der Waals surface area contributed by atoms with Crippen LogP contribution in [0.3, 0.4) is 0 Å². The molecule has 0 aliphatic heterocycles. The number of nitrogens with one attached hydrogen (secondary N) is 1. The number of hydrogen-bond donors (Lipinski definition) is 1. The summed E-state index contributed by atoms with van der Waals surface area (Å²) in [5.41, 5.74) is 2.36. The van der Waals surface area contributed by atoms with Gasteiger partial charge in [0.25, 0.3) is 5.91 Å². The number of rotatable bonds is 5. The molecule has 5 nitrogen and oxygen atoms in total. The largest absolute Gasteiger partial charge is 0.496 e. The van der Waals surface area contributed by atoms with Crippen LogP contribution in [0, 0.1) is 11.3 Å². The van der Waals surface area contributed by atoms with E-state index in [1.807, 2.05) is 73.6 Å². The molecule has 0 unspecified atom stereocenters. The van der Waals surface area contributed by atoms with E-state index in [1.165, 1.54) is 0 Å². The summed E-state index contributed by atoms with van der Waals surface area (Å²) in [6.45, 7) is 0. The summed E-state index contributed by atoms with van der Waals surface area (Å²) in [7, 11) is 5.46. The number of carbonyl (C=O) groups excluding carboxylic acids is 1. The first-order chi connectivity index (χ1) is 13.5. The van der Waals surface area contributed by atoms with Crippen molar-refractivity contribution in [3.63, 3.8) is 0 Å².